The van der Waals surface area contributed by atoms with Gasteiger partial charge in [-0.3, -0.25) is 0 Å². The summed E-state index contributed by atoms with van der Waals surface area (Å²) >= 11 is 0. The van der Waals surface area contributed by atoms with Crippen LogP contribution in [0, 0.1) is 6.92 Å². The van der Waals surface area contributed by atoms with Gasteiger partial charge in [0.25, 0.3) is 0 Å². The minimum absolute atomic E-state index is 0.614. The van der Waals surface area contributed by atoms with Crippen LogP contribution in [0.4, 0.5) is 0 Å². The average molecular weight is 242 g/mol. The van der Waals surface area contributed by atoms with E-state index in [9.17, 15) is 0 Å². The zero-order valence-electron chi connectivity index (χ0n) is 10.3. The predicted molar refractivity (Wildman–Crippen MR) is 69.1 cm³/mol. The highest BCUT2D eigenvalue weighted by molar-refractivity contribution is 5.83. The van der Waals surface area contributed by atoms with Crippen molar-refractivity contribution in [3.05, 3.63) is 35.9 Å². The molecule has 3 aromatic heterocycles. The van der Waals surface area contributed by atoms with Crippen LogP contribution in [0.5, 0.6) is 0 Å². The number of hydrogen-bond acceptors (Lipinski definition) is 4. The van der Waals surface area contributed by atoms with Crippen LogP contribution in [0.3, 0.4) is 0 Å². The van der Waals surface area contributed by atoms with Crippen molar-refractivity contribution in [3.63, 3.8) is 0 Å². The molecule has 0 atom stereocenters. The van der Waals surface area contributed by atoms with E-state index in [4.69, 9.17) is 4.42 Å². The summed E-state index contributed by atoms with van der Waals surface area (Å²) in [7, 11) is 1.92. The fraction of sp³-hybridized carbons (Fsp3) is 0.231. The van der Waals surface area contributed by atoms with Crippen molar-refractivity contribution in [3.8, 4) is 11.6 Å². The summed E-state index contributed by atoms with van der Waals surface area (Å²) in [5.74, 6) is 1.30. The van der Waals surface area contributed by atoms with Gasteiger partial charge in [-0.05, 0) is 31.7 Å². The Morgan fingerprint density at radius 2 is 2.28 bits per heavy atom. The lowest BCUT2D eigenvalue weighted by atomic mass is 10.2. The number of furan rings is 1. The highest BCUT2D eigenvalue weighted by atomic mass is 16.3. The molecule has 0 spiro atoms. The number of H-pyrrole nitrogens is 1. The summed E-state index contributed by atoms with van der Waals surface area (Å²) < 4.78 is 5.33. The van der Waals surface area contributed by atoms with Gasteiger partial charge in [-0.25, -0.2) is 9.97 Å². The van der Waals surface area contributed by atoms with Crippen LogP contribution in [0.2, 0.25) is 0 Å². The van der Waals surface area contributed by atoms with Crippen molar-refractivity contribution >= 4 is 11.0 Å². The summed E-state index contributed by atoms with van der Waals surface area (Å²) in [4.78, 5) is 12.2. The first-order valence-corrected chi connectivity index (χ1v) is 5.82. The summed E-state index contributed by atoms with van der Waals surface area (Å²) in [6.07, 6.45) is 3.59. The Balaban J connectivity index is 2.17. The molecule has 0 bridgehead atoms. The summed E-state index contributed by atoms with van der Waals surface area (Å²) in [6.45, 7) is 2.79. The Bertz CT molecular complexity index is 670. The van der Waals surface area contributed by atoms with E-state index in [0.29, 0.717) is 11.6 Å². The molecule has 5 heteroatoms. The third-order valence-electron chi connectivity index (χ3n) is 2.90. The number of aromatic amines is 1. The molecule has 0 aromatic carbocycles. The van der Waals surface area contributed by atoms with E-state index in [1.165, 1.54) is 5.56 Å². The molecule has 0 saturated carbocycles. The van der Waals surface area contributed by atoms with Crippen LogP contribution < -0.4 is 5.32 Å². The van der Waals surface area contributed by atoms with Gasteiger partial charge in [0.15, 0.2) is 11.6 Å². The molecule has 0 radical (unpaired) electrons. The monoisotopic (exact) mass is 242 g/mol. The molecule has 3 heterocycles. The lowest BCUT2D eigenvalue weighted by molar-refractivity contribution is 0.577. The van der Waals surface area contributed by atoms with Gasteiger partial charge in [-0.2, -0.15) is 0 Å². The first-order chi connectivity index (χ1) is 8.79. The molecule has 0 saturated heterocycles. The molecule has 0 aliphatic heterocycles. The van der Waals surface area contributed by atoms with Crippen molar-refractivity contribution < 1.29 is 4.42 Å². The first-order valence-electron chi connectivity index (χ1n) is 5.82. The maximum atomic E-state index is 5.33. The van der Waals surface area contributed by atoms with E-state index in [-0.39, 0.29) is 0 Å². The Morgan fingerprint density at radius 3 is 3.00 bits per heavy atom. The van der Waals surface area contributed by atoms with Crippen molar-refractivity contribution in [1.82, 2.24) is 20.3 Å². The normalized spacial score (nSPS) is 11.2. The third-order valence-corrected chi connectivity index (χ3v) is 2.90. The Morgan fingerprint density at radius 1 is 1.39 bits per heavy atom. The van der Waals surface area contributed by atoms with Gasteiger partial charge in [0, 0.05) is 18.1 Å². The van der Waals surface area contributed by atoms with Crippen LogP contribution in [-0.4, -0.2) is 22.0 Å². The second-order valence-corrected chi connectivity index (χ2v) is 4.18. The van der Waals surface area contributed by atoms with Gasteiger partial charge in [0.1, 0.15) is 5.65 Å². The van der Waals surface area contributed by atoms with Crippen molar-refractivity contribution in [2.45, 2.75) is 13.5 Å². The highest BCUT2D eigenvalue weighted by Crippen LogP contribution is 2.23. The number of hydrogen-bond donors (Lipinski definition) is 2. The van der Waals surface area contributed by atoms with Gasteiger partial charge in [0.2, 0.25) is 0 Å². The zero-order valence-corrected chi connectivity index (χ0v) is 10.3. The summed E-state index contributed by atoms with van der Waals surface area (Å²) in [6, 6.07) is 3.69. The zero-order chi connectivity index (χ0) is 12.5. The molecule has 2 N–H and O–H groups in total. The van der Waals surface area contributed by atoms with Crippen LogP contribution in [0.1, 0.15) is 11.3 Å². The van der Waals surface area contributed by atoms with Crippen LogP contribution in [0.25, 0.3) is 22.6 Å². The molecule has 5 nitrogen and oxygen atoms in total. The molecule has 0 aliphatic rings. The third kappa shape index (κ3) is 1.69. The molecule has 0 amide bonds. The Labute approximate surface area is 104 Å². The number of fused-ring (bicyclic) bond motifs is 1. The van der Waals surface area contributed by atoms with Gasteiger partial charge in [0.05, 0.1) is 12.0 Å². The standard InChI is InChI=1S/C13H14N4O/c1-8-11-9(6-14-2)7-15-13(11)17-12(16-8)10-4-3-5-18-10/h3-5,7,14H,6H2,1-2H3,(H,15,16,17). The second-order valence-electron chi connectivity index (χ2n) is 4.18. The molecule has 92 valence electrons. The lowest BCUT2D eigenvalue weighted by Crippen LogP contribution is -2.05. The molecular weight excluding hydrogens is 228 g/mol. The smallest absolute Gasteiger partial charge is 0.197 e. The SMILES string of the molecule is CNCc1c[nH]c2nc(-c3ccco3)nc(C)c12. The van der Waals surface area contributed by atoms with Crippen molar-refractivity contribution in [2.24, 2.45) is 0 Å². The Hall–Kier alpha value is -2.14. The van der Waals surface area contributed by atoms with Crippen molar-refractivity contribution in [2.75, 3.05) is 7.05 Å². The fourth-order valence-corrected chi connectivity index (χ4v) is 2.14. The number of rotatable bonds is 3. The minimum Gasteiger partial charge on any atom is -0.461 e. The van der Waals surface area contributed by atoms with E-state index in [2.05, 4.69) is 20.3 Å². The van der Waals surface area contributed by atoms with Gasteiger partial charge in [-0.1, -0.05) is 0 Å². The summed E-state index contributed by atoms with van der Waals surface area (Å²) in [5, 5.41) is 4.22. The van der Waals surface area contributed by atoms with E-state index < -0.39 is 0 Å². The largest absolute Gasteiger partial charge is 0.461 e. The number of aromatic nitrogens is 3. The van der Waals surface area contributed by atoms with Crippen LogP contribution in [-0.2, 0) is 6.54 Å². The van der Waals surface area contributed by atoms with Gasteiger partial charge < -0.3 is 14.7 Å². The van der Waals surface area contributed by atoms with E-state index in [0.717, 1.165) is 23.3 Å². The molecule has 0 aliphatic carbocycles. The Kier molecular flexibility index (Phi) is 2.60. The minimum atomic E-state index is 0.614. The average Bonchev–Trinajstić information content (AvgIpc) is 2.98. The quantitative estimate of drug-likeness (QED) is 0.739. The van der Waals surface area contributed by atoms with Crippen LogP contribution >= 0.6 is 0 Å². The maximum absolute atomic E-state index is 5.33. The molecule has 18 heavy (non-hydrogen) atoms. The predicted octanol–water partition coefficient (Wildman–Crippen LogP) is 2.25. The maximum Gasteiger partial charge on any atom is 0.197 e. The molecule has 3 aromatic rings. The fourth-order valence-electron chi connectivity index (χ4n) is 2.14. The van der Waals surface area contributed by atoms with Gasteiger partial charge >= 0.3 is 0 Å². The van der Waals surface area contributed by atoms with Crippen molar-refractivity contribution in [1.29, 1.82) is 0 Å². The van der Waals surface area contributed by atoms with Gasteiger partial charge in [-0.15, -0.1) is 0 Å². The van der Waals surface area contributed by atoms with E-state index in [1.807, 2.05) is 32.3 Å². The number of nitrogens with one attached hydrogen (secondary N) is 2. The highest BCUT2D eigenvalue weighted by Gasteiger charge is 2.12. The number of aryl methyl sites for hydroxylation is 1. The number of nitrogens with zero attached hydrogens (tertiary/aromatic N) is 2. The van der Waals surface area contributed by atoms with E-state index >= 15 is 0 Å². The summed E-state index contributed by atoms with van der Waals surface area (Å²) in [5.41, 5.74) is 2.98. The first kappa shape index (κ1) is 11.0. The van der Waals surface area contributed by atoms with Crippen LogP contribution in [0.15, 0.2) is 29.0 Å². The molecule has 0 fully saturated rings. The molecule has 0 unspecified atom stereocenters. The topological polar surface area (TPSA) is 66.7 Å². The van der Waals surface area contributed by atoms with E-state index in [1.54, 1.807) is 6.26 Å². The molecular formula is C13H14N4O. The second kappa shape index (κ2) is 4.27. The lowest BCUT2D eigenvalue weighted by Gasteiger charge is -2.02. The molecule has 3 rings (SSSR count).